The number of unbranched alkanes of at least 4 members (excludes halogenated alkanes) is 1. The van der Waals surface area contributed by atoms with E-state index < -0.39 is 0 Å². The van der Waals surface area contributed by atoms with Gasteiger partial charge in [0, 0.05) is 31.5 Å². The van der Waals surface area contributed by atoms with E-state index in [-0.39, 0.29) is 11.7 Å². The minimum Gasteiger partial charge on any atom is -0.507 e. The molecule has 0 saturated carbocycles. The molecule has 2 aromatic carbocycles. The van der Waals surface area contributed by atoms with E-state index in [9.17, 15) is 9.90 Å². The first-order valence-corrected chi connectivity index (χ1v) is 9.56. The SMILES string of the molecule is CCCCN(C)C(=O)c1cc2c(Cc3cccc(CC)c3)n[nH]c2cc1O. The van der Waals surface area contributed by atoms with Crippen molar-refractivity contribution >= 4 is 16.8 Å². The molecule has 1 heterocycles. The lowest BCUT2D eigenvalue weighted by Gasteiger charge is -2.17. The molecule has 5 heteroatoms. The Labute approximate surface area is 160 Å². The maximum absolute atomic E-state index is 12.7. The van der Waals surface area contributed by atoms with Crippen LogP contribution in [0, 0.1) is 0 Å². The Morgan fingerprint density at radius 2 is 1.96 bits per heavy atom. The highest BCUT2D eigenvalue weighted by Crippen LogP contribution is 2.28. The number of nitrogens with zero attached hydrogens (tertiary/aromatic N) is 2. The van der Waals surface area contributed by atoms with Gasteiger partial charge in [-0.3, -0.25) is 9.89 Å². The van der Waals surface area contributed by atoms with Gasteiger partial charge in [0.1, 0.15) is 5.75 Å². The van der Waals surface area contributed by atoms with Crippen LogP contribution in [0.2, 0.25) is 0 Å². The van der Waals surface area contributed by atoms with Gasteiger partial charge in [-0.1, -0.05) is 44.5 Å². The molecule has 27 heavy (non-hydrogen) atoms. The molecule has 3 aromatic rings. The average molecular weight is 365 g/mol. The van der Waals surface area contributed by atoms with E-state index in [4.69, 9.17) is 0 Å². The zero-order chi connectivity index (χ0) is 19.4. The van der Waals surface area contributed by atoms with Crippen LogP contribution in [0.4, 0.5) is 0 Å². The Hall–Kier alpha value is -2.82. The molecule has 0 fully saturated rings. The number of aromatic nitrogens is 2. The lowest BCUT2D eigenvalue weighted by molar-refractivity contribution is 0.0790. The summed E-state index contributed by atoms with van der Waals surface area (Å²) in [5, 5.41) is 18.6. The molecule has 0 aliphatic heterocycles. The van der Waals surface area contributed by atoms with Crippen LogP contribution in [0.25, 0.3) is 10.9 Å². The maximum Gasteiger partial charge on any atom is 0.257 e. The molecule has 2 N–H and O–H groups in total. The fourth-order valence-corrected chi connectivity index (χ4v) is 3.27. The molecule has 0 aliphatic carbocycles. The number of aryl methyl sites for hydroxylation is 1. The molecule has 3 rings (SSSR count). The summed E-state index contributed by atoms with van der Waals surface area (Å²) in [5.41, 5.74) is 4.42. The van der Waals surface area contributed by atoms with E-state index in [0.717, 1.165) is 35.9 Å². The number of hydrogen-bond donors (Lipinski definition) is 2. The first-order chi connectivity index (χ1) is 13.0. The van der Waals surface area contributed by atoms with Gasteiger partial charge in [0.2, 0.25) is 0 Å². The predicted octanol–water partition coefficient (Wildman–Crippen LogP) is 4.29. The van der Waals surface area contributed by atoms with Gasteiger partial charge in [0.15, 0.2) is 0 Å². The molecular weight excluding hydrogens is 338 g/mol. The molecule has 0 saturated heterocycles. The summed E-state index contributed by atoms with van der Waals surface area (Å²) in [5.74, 6) is -0.179. The molecule has 0 bridgehead atoms. The Balaban J connectivity index is 1.93. The van der Waals surface area contributed by atoms with Gasteiger partial charge in [-0.2, -0.15) is 5.10 Å². The summed E-state index contributed by atoms with van der Waals surface area (Å²) >= 11 is 0. The number of amides is 1. The molecular formula is C22H27N3O2. The van der Waals surface area contributed by atoms with Crippen molar-refractivity contribution in [3.63, 3.8) is 0 Å². The number of benzene rings is 2. The van der Waals surface area contributed by atoms with Crippen LogP contribution in [0.1, 0.15) is 53.9 Å². The highest BCUT2D eigenvalue weighted by Gasteiger charge is 2.19. The van der Waals surface area contributed by atoms with Crippen molar-refractivity contribution in [3.8, 4) is 5.75 Å². The fraction of sp³-hybridized carbons (Fsp3) is 0.364. The Morgan fingerprint density at radius 1 is 1.19 bits per heavy atom. The van der Waals surface area contributed by atoms with Crippen LogP contribution < -0.4 is 0 Å². The molecule has 0 spiro atoms. The summed E-state index contributed by atoms with van der Waals surface area (Å²) in [7, 11) is 1.77. The zero-order valence-electron chi connectivity index (χ0n) is 16.2. The van der Waals surface area contributed by atoms with Gasteiger partial charge in [0.25, 0.3) is 5.91 Å². The van der Waals surface area contributed by atoms with Crippen molar-refractivity contribution < 1.29 is 9.90 Å². The minimum atomic E-state index is -0.164. The Morgan fingerprint density at radius 3 is 2.70 bits per heavy atom. The lowest BCUT2D eigenvalue weighted by atomic mass is 10.0. The molecule has 1 aromatic heterocycles. The van der Waals surface area contributed by atoms with E-state index >= 15 is 0 Å². The molecule has 1 amide bonds. The van der Waals surface area contributed by atoms with Crippen molar-refractivity contribution in [2.45, 2.75) is 39.5 Å². The molecule has 5 nitrogen and oxygen atoms in total. The number of nitrogens with one attached hydrogen (secondary N) is 1. The predicted molar refractivity (Wildman–Crippen MR) is 108 cm³/mol. The number of phenolic OH excluding ortho intramolecular Hbond substituents is 1. The number of fused-ring (bicyclic) bond motifs is 1. The van der Waals surface area contributed by atoms with Gasteiger partial charge < -0.3 is 10.0 Å². The van der Waals surface area contributed by atoms with E-state index in [0.29, 0.717) is 18.5 Å². The Kier molecular flexibility index (Phi) is 5.79. The van der Waals surface area contributed by atoms with E-state index in [1.807, 2.05) is 0 Å². The molecule has 0 aliphatic rings. The number of hydrogen-bond acceptors (Lipinski definition) is 3. The normalized spacial score (nSPS) is 11.1. The van der Waals surface area contributed by atoms with Crippen molar-refractivity contribution in [3.05, 3.63) is 58.8 Å². The monoisotopic (exact) mass is 365 g/mol. The van der Waals surface area contributed by atoms with Crippen molar-refractivity contribution in [2.24, 2.45) is 0 Å². The zero-order valence-corrected chi connectivity index (χ0v) is 16.2. The van der Waals surface area contributed by atoms with Crippen LogP contribution in [-0.2, 0) is 12.8 Å². The summed E-state index contributed by atoms with van der Waals surface area (Å²) in [6.45, 7) is 4.90. The number of carbonyl (C=O) groups is 1. The average Bonchev–Trinajstić information content (AvgIpc) is 3.06. The first-order valence-electron chi connectivity index (χ1n) is 9.56. The second kappa shape index (κ2) is 8.25. The largest absolute Gasteiger partial charge is 0.507 e. The second-order valence-electron chi connectivity index (χ2n) is 7.02. The Bertz CT molecular complexity index is 946. The molecule has 142 valence electrons. The third-order valence-corrected chi connectivity index (χ3v) is 4.95. The van der Waals surface area contributed by atoms with Gasteiger partial charge in [-0.15, -0.1) is 0 Å². The number of H-pyrrole nitrogens is 1. The van der Waals surface area contributed by atoms with Crippen LogP contribution >= 0.6 is 0 Å². The summed E-state index contributed by atoms with van der Waals surface area (Å²) < 4.78 is 0. The summed E-state index contributed by atoms with van der Waals surface area (Å²) in [6.07, 6.45) is 3.63. The summed E-state index contributed by atoms with van der Waals surface area (Å²) in [4.78, 5) is 14.4. The van der Waals surface area contributed by atoms with Gasteiger partial charge in [-0.25, -0.2) is 0 Å². The number of aromatic amines is 1. The lowest BCUT2D eigenvalue weighted by Crippen LogP contribution is -2.27. The molecule has 0 atom stereocenters. The smallest absolute Gasteiger partial charge is 0.257 e. The topological polar surface area (TPSA) is 69.2 Å². The fourth-order valence-electron chi connectivity index (χ4n) is 3.27. The highest BCUT2D eigenvalue weighted by atomic mass is 16.3. The minimum absolute atomic E-state index is 0.0148. The number of aromatic hydroxyl groups is 1. The van der Waals surface area contributed by atoms with Gasteiger partial charge >= 0.3 is 0 Å². The number of carbonyl (C=O) groups excluding carboxylic acids is 1. The number of rotatable bonds is 7. The molecule has 0 radical (unpaired) electrons. The standard InChI is InChI=1S/C22H27N3O2/c1-4-6-10-25(3)22(27)18-13-17-19(23-24-20(17)14-21(18)26)12-16-9-7-8-15(5-2)11-16/h7-9,11,13-14,26H,4-6,10,12H2,1-3H3,(H,23,24). The van der Waals surface area contributed by atoms with Crippen molar-refractivity contribution in [2.75, 3.05) is 13.6 Å². The highest BCUT2D eigenvalue weighted by molar-refractivity contribution is 6.01. The number of phenols is 1. The maximum atomic E-state index is 12.7. The van der Waals surface area contributed by atoms with Gasteiger partial charge in [-0.05, 0) is 30.0 Å². The van der Waals surface area contributed by atoms with Crippen molar-refractivity contribution in [1.29, 1.82) is 0 Å². The van der Waals surface area contributed by atoms with Crippen LogP contribution in [-0.4, -0.2) is 39.7 Å². The summed E-state index contributed by atoms with van der Waals surface area (Å²) in [6, 6.07) is 11.8. The van der Waals surface area contributed by atoms with Gasteiger partial charge in [0.05, 0.1) is 16.8 Å². The van der Waals surface area contributed by atoms with E-state index in [2.05, 4.69) is 48.3 Å². The van der Waals surface area contributed by atoms with Crippen LogP contribution in [0.3, 0.4) is 0 Å². The van der Waals surface area contributed by atoms with E-state index in [1.165, 1.54) is 11.1 Å². The molecule has 0 unspecified atom stereocenters. The quantitative estimate of drug-likeness (QED) is 0.656. The third-order valence-electron chi connectivity index (χ3n) is 4.95. The van der Waals surface area contributed by atoms with E-state index in [1.54, 1.807) is 24.1 Å². The first kappa shape index (κ1) is 19.0. The third kappa shape index (κ3) is 4.13. The van der Waals surface area contributed by atoms with Crippen LogP contribution in [0.5, 0.6) is 5.75 Å². The van der Waals surface area contributed by atoms with Crippen molar-refractivity contribution in [1.82, 2.24) is 15.1 Å². The second-order valence-corrected chi connectivity index (χ2v) is 7.02. The van der Waals surface area contributed by atoms with Crippen LogP contribution in [0.15, 0.2) is 36.4 Å².